The van der Waals surface area contributed by atoms with Gasteiger partial charge in [-0.3, -0.25) is 0 Å². The van der Waals surface area contributed by atoms with E-state index in [1.807, 2.05) is 13.1 Å². The number of pyridine rings is 1. The second-order valence-electron chi connectivity index (χ2n) is 5.32. The number of hydrogen-bond acceptors (Lipinski definition) is 4. The second kappa shape index (κ2) is 6.41. The third kappa shape index (κ3) is 4.43. The number of nitrogens with zero attached hydrogens (tertiary/aromatic N) is 2. The van der Waals surface area contributed by atoms with Crippen LogP contribution in [0.15, 0.2) is 16.7 Å². The number of aromatic nitrogens is 1. The molecule has 7 heteroatoms. The molecule has 1 fully saturated rings. The number of halogens is 1. The van der Waals surface area contributed by atoms with Crippen molar-refractivity contribution in [1.29, 1.82) is 0 Å². The molecule has 1 N–H and O–H groups in total. The quantitative estimate of drug-likeness (QED) is 0.894. The van der Waals surface area contributed by atoms with Crippen molar-refractivity contribution in [2.45, 2.75) is 32.2 Å². The fourth-order valence-corrected chi connectivity index (χ4v) is 4.04. The third-order valence-electron chi connectivity index (χ3n) is 3.37. The van der Waals surface area contributed by atoms with Crippen LogP contribution in [-0.4, -0.2) is 38.8 Å². The molecule has 0 amide bonds. The van der Waals surface area contributed by atoms with Gasteiger partial charge in [-0.25, -0.2) is 18.1 Å². The Morgan fingerprint density at radius 1 is 1.40 bits per heavy atom. The van der Waals surface area contributed by atoms with Crippen LogP contribution in [0.4, 0.5) is 5.82 Å². The van der Waals surface area contributed by atoms with Crippen molar-refractivity contribution in [2.24, 2.45) is 0 Å². The summed E-state index contributed by atoms with van der Waals surface area (Å²) in [6.07, 6.45) is 5.70. The van der Waals surface area contributed by atoms with E-state index >= 15 is 0 Å². The first-order valence-corrected chi connectivity index (χ1v) is 9.38. The zero-order valence-corrected chi connectivity index (χ0v) is 14.2. The molecule has 0 spiro atoms. The van der Waals surface area contributed by atoms with E-state index in [4.69, 9.17) is 0 Å². The van der Waals surface area contributed by atoms with Crippen molar-refractivity contribution in [3.8, 4) is 0 Å². The van der Waals surface area contributed by atoms with Crippen molar-refractivity contribution in [3.05, 3.63) is 22.3 Å². The molecular formula is C13H20BrN3O2S. The molecule has 0 aromatic carbocycles. The van der Waals surface area contributed by atoms with Gasteiger partial charge in [0.05, 0.1) is 10.7 Å². The summed E-state index contributed by atoms with van der Waals surface area (Å²) in [5, 5.41) is 0. The molecule has 1 aromatic rings. The minimum atomic E-state index is -3.13. The van der Waals surface area contributed by atoms with Crippen LogP contribution >= 0.6 is 15.9 Å². The summed E-state index contributed by atoms with van der Waals surface area (Å²) in [6.45, 7) is 3.72. The summed E-state index contributed by atoms with van der Waals surface area (Å²) in [6, 6.07) is 2.08. The highest BCUT2D eigenvalue weighted by Gasteiger charge is 2.21. The van der Waals surface area contributed by atoms with Gasteiger partial charge in [0.15, 0.2) is 0 Å². The van der Waals surface area contributed by atoms with Gasteiger partial charge in [-0.05, 0) is 53.7 Å². The van der Waals surface area contributed by atoms with Gasteiger partial charge in [-0.1, -0.05) is 0 Å². The standard InChI is InChI=1S/C13H20BrN3O2S/c1-10-8-12(14)13(15-9-10)17-6-3-4-11(5-7-17)16-20(2,18)19/h8-9,11,16H,3-7H2,1-2H3/t11-/m0/s1. The molecule has 2 heterocycles. The first kappa shape index (κ1) is 15.7. The molecule has 1 aliphatic rings. The van der Waals surface area contributed by atoms with Crippen LogP contribution in [-0.2, 0) is 10.0 Å². The SMILES string of the molecule is Cc1cnc(N2CCC[C@H](NS(C)(=O)=O)CC2)c(Br)c1. The minimum Gasteiger partial charge on any atom is -0.356 e. The highest BCUT2D eigenvalue weighted by Crippen LogP contribution is 2.26. The van der Waals surface area contributed by atoms with Crippen LogP contribution in [0, 0.1) is 6.92 Å². The van der Waals surface area contributed by atoms with E-state index in [1.54, 1.807) is 0 Å². The molecule has 5 nitrogen and oxygen atoms in total. The number of hydrogen-bond donors (Lipinski definition) is 1. The molecule has 1 saturated heterocycles. The minimum absolute atomic E-state index is 0.0271. The molecule has 1 aromatic heterocycles. The van der Waals surface area contributed by atoms with Crippen LogP contribution < -0.4 is 9.62 Å². The smallest absolute Gasteiger partial charge is 0.208 e. The topological polar surface area (TPSA) is 62.3 Å². The van der Waals surface area contributed by atoms with Crippen LogP contribution in [0.1, 0.15) is 24.8 Å². The Morgan fingerprint density at radius 2 is 2.15 bits per heavy atom. The third-order valence-corrected chi connectivity index (χ3v) is 4.71. The zero-order chi connectivity index (χ0) is 14.8. The summed E-state index contributed by atoms with van der Waals surface area (Å²) in [7, 11) is -3.13. The fourth-order valence-electron chi connectivity index (χ4n) is 2.49. The monoisotopic (exact) mass is 361 g/mol. The van der Waals surface area contributed by atoms with Gasteiger partial charge in [0, 0.05) is 25.3 Å². The Kier molecular flexibility index (Phi) is 5.04. The number of nitrogens with one attached hydrogen (secondary N) is 1. The Bertz CT molecular complexity index is 577. The van der Waals surface area contributed by atoms with Crippen molar-refractivity contribution >= 4 is 31.8 Å². The Morgan fingerprint density at radius 3 is 2.80 bits per heavy atom. The van der Waals surface area contributed by atoms with Gasteiger partial charge in [-0.15, -0.1) is 0 Å². The van der Waals surface area contributed by atoms with Crippen LogP contribution in [0.3, 0.4) is 0 Å². The van der Waals surface area contributed by atoms with Crippen molar-refractivity contribution < 1.29 is 8.42 Å². The van der Waals surface area contributed by atoms with Crippen LogP contribution in [0.2, 0.25) is 0 Å². The normalized spacial score (nSPS) is 20.8. The average molecular weight is 362 g/mol. The molecule has 0 saturated carbocycles. The lowest BCUT2D eigenvalue weighted by atomic mass is 10.1. The van der Waals surface area contributed by atoms with E-state index in [1.165, 1.54) is 6.26 Å². The maximum atomic E-state index is 11.3. The second-order valence-corrected chi connectivity index (χ2v) is 7.96. The van der Waals surface area contributed by atoms with Gasteiger partial charge in [0.2, 0.25) is 10.0 Å². The Hall–Kier alpha value is -0.660. The maximum absolute atomic E-state index is 11.3. The van der Waals surface area contributed by atoms with Gasteiger partial charge >= 0.3 is 0 Å². The highest BCUT2D eigenvalue weighted by atomic mass is 79.9. The van der Waals surface area contributed by atoms with Crippen molar-refractivity contribution in [3.63, 3.8) is 0 Å². The van der Waals surface area contributed by atoms with E-state index in [0.717, 1.165) is 48.2 Å². The first-order valence-electron chi connectivity index (χ1n) is 6.69. The number of anilines is 1. The number of rotatable bonds is 3. The molecule has 20 heavy (non-hydrogen) atoms. The maximum Gasteiger partial charge on any atom is 0.208 e. The van der Waals surface area contributed by atoms with Gasteiger partial charge in [-0.2, -0.15) is 0 Å². The lowest BCUT2D eigenvalue weighted by molar-refractivity contribution is 0.523. The molecule has 0 radical (unpaired) electrons. The van der Waals surface area contributed by atoms with Gasteiger partial charge in [0.25, 0.3) is 0 Å². The zero-order valence-electron chi connectivity index (χ0n) is 11.8. The average Bonchev–Trinajstić information content (AvgIpc) is 2.53. The van der Waals surface area contributed by atoms with E-state index in [2.05, 4.69) is 36.6 Å². The summed E-state index contributed by atoms with van der Waals surface area (Å²) in [5.74, 6) is 0.940. The van der Waals surface area contributed by atoms with Crippen LogP contribution in [0.25, 0.3) is 0 Å². The van der Waals surface area contributed by atoms with Gasteiger partial charge in [0.1, 0.15) is 5.82 Å². The molecule has 0 aliphatic carbocycles. The summed E-state index contributed by atoms with van der Waals surface area (Å²) in [4.78, 5) is 6.70. The molecule has 2 rings (SSSR count). The number of sulfonamides is 1. The number of aryl methyl sites for hydroxylation is 1. The lowest BCUT2D eigenvalue weighted by Crippen LogP contribution is -2.35. The highest BCUT2D eigenvalue weighted by molar-refractivity contribution is 9.10. The summed E-state index contributed by atoms with van der Waals surface area (Å²) >= 11 is 3.56. The van der Waals surface area contributed by atoms with Gasteiger partial charge < -0.3 is 4.90 Å². The molecule has 0 unspecified atom stereocenters. The van der Waals surface area contributed by atoms with E-state index in [-0.39, 0.29) is 6.04 Å². The Labute approximate surface area is 129 Å². The molecule has 112 valence electrons. The Balaban J connectivity index is 2.06. The summed E-state index contributed by atoms with van der Waals surface area (Å²) < 4.78 is 26.3. The molecule has 0 bridgehead atoms. The predicted molar refractivity (Wildman–Crippen MR) is 84.5 cm³/mol. The van der Waals surface area contributed by atoms with Crippen molar-refractivity contribution in [2.75, 3.05) is 24.2 Å². The first-order chi connectivity index (χ1) is 9.35. The van der Waals surface area contributed by atoms with Crippen LogP contribution in [0.5, 0.6) is 0 Å². The largest absolute Gasteiger partial charge is 0.356 e. The summed E-state index contributed by atoms with van der Waals surface area (Å²) in [5.41, 5.74) is 1.12. The molecule has 1 atom stereocenters. The van der Waals surface area contributed by atoms with Crippen molar-refractivity contribution in [1.82, 2.24) is 9.71 Å². The van der Waals surface area contributed by atoms with E-state index in [0.29, 0.717) is 0 Å². The molecular weight excluding hydrogens is 342 g/mol. The van der Waals surface area contributed by atoms with E-state index < -0.39 is 10.0 Å². The van der Waals surface area contributed by atoms with E-state index in [9.17, 15) is 8.42 Å². The molecule has 1 aliphatic heterocycles. The fraction of sp³-hybridized carbons (Fsp3) is 0.615. The lowest BCUT2D eigenvalue weighted by Gasteiger charge is -2.23. The predicted octanol–water partition coefficient (Wildman–Crippen LogP) is 2.06.